The Morgan fingerprint density at radius 2 is 1.15 bits per heavy atom. The molecule has 4 nitrogen and oxygen atoms in total. The van der Waals surface area contributed by atoms with Crippen molar-refractivity contribution in [3.8, 4) is 22.3 Å². The van der Waals surface area contributed by atoms with Gasteiger partial charge in [-0.3, -0.25) is 4.57 Å². The van der Waals surface area contributed by atoms with Gasteiger partial charge in [-0.2, -0.15) is 0 Å². The van der Waals surface area contributed by atoms with E-state index in [1.54, 1.807) is 12.1 Å². The fraction of sp³-hybridized carbons (Fsp3) is 0.118. The molecule has 1 aliphatic carbocycles. The zero-order valence-corrected chi connectivity index (χ0v) is 22.8. The van der Waals surface area contributed by atoms with Crippen molar-refractivity contribution in [2.75, 3.05) is 4.90 Å². The van der Waals surface area contributed by atoms with Crippen LogP contribution in [0.1, 0.15) is 30.5 Å². The highest BCUT2D eigenvalue weighted by Gasteiger charge is 2.35. The summed E-state index contributed by atoms with van der Waals surface area (Å²) in [6, 6.07) is 41.6. The van der Waals surface area contributed by atoms with Crippen LogP contribution in [0.15, 0.2) is 121 Å². The molecule has 39 heavy (non-hydrogen) atoms. The predicted molar refractivity (Wildman–Crippen MR) is 160 cm³/mol. The summed E-state index contributed by atoms with van der Waals surface area (Å²) in [7, 11) is -4.14. The third-order valence-electron chi connectivity index (χ3n) is 7.64. The number of anilines is 3. The van der Waals surface area contributed by atoms with Crippen molar-refractivity contribution in [3.05, 3.63) is 138 Å². The number of hydrogen-bond donors (Lipinski definition) is 2. The molecule has 0 unspecified atom stereocenters. The molecule has 0 fully saturated rings. The van der Waals surface area contributed by atoms with Crippen molar-refractivity contribution >= 4 is 24.7 Å². The summed E-state index contributed by atoms with van der Waals surface area (Å²) in [5, 5.41) is 0. The first-order chi connectivity index (χ1) is 18.7. The molecule has 0 atom stereocenters. The number of fused-ring (bicyclic) bond motifs is 3. The van der Waals surface area contributed by atoms with Crippen molar-refractivity contribution in [3.63, 3.8) is 0 Å². The van der Waals surface area contributed by atoms with E-state index in [-0.39, 0.29) is 11.6 Å². The Morgan fingerprint density at radius 1 is 0.615 bits per heavy atom. The van der Waals surface area contributed by atoms with Crippen molar-refractivity contribution in [1.29, 1.82) is 0 Å². The van der Waals surface area contributed by atoms with E-state index in [0.717, 1.165) is 28.2 Å². The van der Waals surface area contributed by atoms with Crippen LogP contribution in [0.2, 0.25) is 0 Å². The molecule has 194 valence electrons. The van der Waals surface area contributed by atoms with Crippen LogP contribution in [0.5, 0.6) is 0 Å². The van der Waals surface area contributed by atoms with Crippen molar-refractivity contribution in [2.24, 2.45) is 0 Å². The van der Waals surface area contributed by atoms with Gasteiger partial charge in [-0.05, 0) is 75.3 Å². The molecule has 6 rings (SSSR count). The summed E-state index contributed by atoms with van der Waals surface area (Å²) < 4.78 is 11.6. The number of hydrogen-bond acceptors (Lipinski definition) is 2. The molecule has 0 radical (unpaired) electrons. The minimum Gasteiger partial charge on any atom is -0.324 e. The van der Waals surface area contributed by atoms with E-state index in [0.29, 0.717) is 5.56 Å². The number of nitrogens with zero attached hydrogens (tertiary/aromatic N) is 1. The van der Waals surface area contributed by atoms with E-state index < -0.39 is 7.60 Å². The topological polar surface area (TPSA) is 60.8 Å². The van der Waals surface area contributed by atoms with Crippen molar-refractivity contribution < 1.29 is 14.4 Å². The quantitative estimate of drug-likeness (QED) is 0.215. The molecule has 0 aromatic heterocycles. The molecular formula is C34H30NO3P. The Kier molecular flexibility index (Phi) is 6.28. The monoisotopic (exact) mass is 531 g/mol. The van der Waals surface area contributed by atoms with E-state index in [1.165, 1.54) is 22.3 Å². The Balaban J connectivity index is 1.45. The standard InChI is InChI=1S/C34H30NO3P/c1-34(2)32-11-7-6-10-30(32)31-21-20-29(22-33(31)34)35(27-16-12-24(13-17-27)23-39(36,37)38)28-18-14-26(15-19-28)25-8-4-3-5-9-25/h3-22H,23H2,1-2H3,(H2,36,37,38). The summed E-state index contributed by atoms with van der Waals surface area (Å²) >= 11 is 0. The second kappa shape index (κ2) is 9.66. The van der Waals surface area contributed by atoms with Gasteiger partial charge in [0, 0.05) is 22.5 Å². The summed E-state index contributed by atoms with van der Waals surface area (Å²) in [4.78, 5) is 21.1. The largest absolute Gasteiger partial charge is 0.329 e. The van der Waals surface area contributed by atoms with Crippen LogP contribution in [-0.4, -0.2) is 9.79 Å². The van der Waals surface area contributed by atoms with Crippen LogP contribution in [0.25, 0.3) is 22.3 Å². The van der Waals surface area contributed by atoms with E-state index >= 15 is 0 Å². The van der Waals surface area contributed by atoms with Gasteiger partial charge in [0.15, 0.2) is 0 Å². The van der Waals surface area contributed by atoms with Crippen LogP contribution < -0.4 is 4.90 Å². The second-order valence-electron chi connectivity index (χ2n) is 10.6. The average Bonchev–Trinajstić information content (AvgIpc) is 3.16. The first kappa shape index (κ1) is 25.3. The van der Waals surface area contributed by atoms with Gasteiger partial charge in [0.2, 0.25) is 0 Å². The van der Waals surface area contributed by atoms with Gasteiger partial charge >= 0.3 is 7.60 Å². The van der Waals surface area contributed by atoms with Crippen LogP contribution >= 0.6 is 7.60 Å². The van der Waals surface area contributed by atoms with Gasteiger partial charge in [0.1, 0.15) is 0 Å². The zero-order chi connectivity index (χ0) is 27.2. The van der Waals surface area contributed by atoms with Crippen LogP contribution in [0.3, 0.4) is 0 Å². The molecular weight excluding hydrogens is 501 g/mol. The fourth-order valence-corrected chi connectivity index (χ4v) is 6.39. The molecule has 1 aliphatic rings. The van der Waals surface area contributed by atoms with Crippen LogP contribution in [-0.2, 0) is 16.1 Å². The van der Waals surface area contributed by atoms with Crippen molar-refractivity contribution in [2.45, 2.75) is 25.4 Å². The van der Waals surface area contributed by atoms with Gasteiger partial charge in [-0.25, -0.2) is 0 Å². The van der Waals surface area contributed by atoms with Gasteiger partial charge < -0.3 is 14.7 Å². The van der Waals surface area contributed by atoms with Gasteiger partial charge in [0.25, 0.3) is 0 Å². The van der Waals surface area contributed by atoms with Gasteiger partial charge in [-0.15, -0.1) is 0 Å². The third-order valence-corrected chi connectivity index (χ3v) is 8.42. The number of rotatable bonds is 6. The first-order valence-electron chi connectivity index (χ1n) is 13.0. The lowest BCUT2D eigenvalue weighted by Crippen LogP contribution is -2.16. The van der Waals surface area contributed by atoms with Crippen molar-refractivity contribution in [1.82, 2.24) is 0 Å². The van der Waals surface area contributed by atoms with E-state index in [4.69, 9.17) is 0 Å². The highest BCUT2D eigenvalue weighted by Crippen LogP contribution is 2.50. The molecule has 0 aliphatic heterocycles. The molecule has 5 aromatic rings. The van der Waals surface area contributed by atoms with Crippen LogP contribution in [0, 0.1) is 0 Å². The summed E-state index contributed by atoms with van der Waals surface area (Å²) in [6.45, 7) is 4.55. The van der Waals surface area contributed by atoms with E-state index in [1.807, 2.05) is 30.3 Å². The molecule has 0 heterocycles. The highest BCUT2D eigenvalue weighted by atomic mass is 31.2. The number of benzene rings is 5. The molecule has 0 saturated heterocycles. The summed E-state index contributed by atoms with van der Waals surface area (Å²) in [5.74, 6) is 0. The lowest BCUT2D eigenvalue weighted by molar-refractivity contribution is 0.371. The maximum atomic E-state index is 11.6. The maximum absolute atomic E-state index is 11.6. The van der Waals surface area contributed by atoms with E-state index in [9.17, 15) is 14.4 Å². The molecule has 0 saturated carbocycles. The molecule has 0 bridgehead atoms. The lowest BCUT2D eigenvalue weighted by atomic mass is 9.82. The Labute approximate surface area is 229 Å². The fourth-order valence-electron chi connectivity index (χ4n) is 5.70. The molecule has 2 N–H and O–H groups in total. The average molecular weight is 532 g/mol. The lowest BCUT2D eigenvalue weighted by Gasteiger charge is -2.28. The minimum absolute atomic E-state index is 0.127. The summed E-state index contributed by atoms with van der Waals surface area (Å²) in [5.41, 5.74) is 10.9. The predicted octanol–water partition coefficient (Wildman–Crippen LogP) is 8.81. The molecule has 0 spiro atoms. The molecule has 0 amide bonds. The molecule has 5 heteroatoms. The molecule has 5 aromatic carbocycles. The Morgan fingerprint density at radius 3 is 1.82 bits per heavy atom. The van der Waals surface area contributed by atoms with Crippen LogP contribution in [0.4, 0.5) is 17.1 Å². The Hall–Kier alpha value is -3.95. The third kappa shape index (κ3) is 4.84. The Bertz CT molecular complexity index is 1690. The minimum atomic E-state index is -4.14. The zero-order valence-electron chi connectivity index (χ0n) is 22.0. The summed E-state index contributed by atoms with van der Waals surface area (Å²) in [6.07, 6.45) is -0.273. The smallest absolute Gasteiger partial charge is 0.324 e. The maximum Gasteiger partial charge on any atom is 0.329 e. The van der Waals surface area contributed by atoms with Gasteiger partial charge in [-0.1, -0.05) is 98.8 Å². The second-order valence-corrected chi connectivity index (χ2v) is 12.3. The SMILES string of the molecule is CC1(C)c2ccccc2-c2ccc(N(c3ccc(CP(=O)(O)O)cc3)c3ccc(-c4ccccc4)cc3)cc21. The van der Waals surface area contributed by atoms with E-state index in [2.05, 4.69) is 97.6 Å². The normalized spacial score (nSPS) is 13.5. The highest BCUT2D eigenvalue weighted by molar-refractivity contribution is 7.50. The first-order valence-corrected chi connectivity index (χ1v) is 14.8. The van der Waals surface area contributed by atoms with Gasteiger partial charge in [0.05, 0.1) is 6.16 Å².